The molecule has 0 aliphatic rings. The van der Waals surface area contributed by atoms with Crippen LogP contribution in [0.15, 0.2) is 0 Å². The van der Waals surface area contributed by atoms with Gasteiger partial charge in [-0.3, -0.25) is 0 Å². The van der Waals surface area contributed by atoms with Crippen LogP contribution in [-0.4, -0.2) is 20.7 Å². The summed E-state index contributed by atoms with van der Waals surface area (Å²) in [5.74, 6) is 0.554. The molecule has 0 radical (unpaired) electrons. The van der Waals surface area contributed by atoms with E-state index in [2.05, 4.69) is 47.7 Å². The third-order valence-electron chi connectivity index (χ3n) is 3.76. The van der Waals surface area contributed by atoms with Gasteiger partial charge in [0.15, 0.2) is 8.32 Å². The lowest BCUT2D eigenvalue weighted by Crippen LogP contribution is -2.46. The maximum Gasteiger partial charge on any atom is 0.192 e. The van der Waals surface area contributed by atoms with Gasteiger partial charge in [0, 0.05) is 5.92 Å². The van der Waals surface area contributed by atoms with Gasteiger partial charge in [-0.1, -0.05) is 41.5 Å². The molecule has 0 saturated heterocycles. The number of carbonyl (C=O) groups is 1. The number of carbonyl (C=O) groups excluding carboxylic acids is 1. The molecule has 0 fully saturated rings. The molecule has 0 unspecified atom stereocenters. The van der Waals surface area contributed by atoms with E-state index in [0.717, 1.165) is 12.7 Å². The summed E-state index contributed by atoms with van der Waals surface area (Å²) in [5.41, 5.74) is 0. The molecule has 0 spiro atoms. The SMILES string of the molecule is CC(C)C[C@H](O[Si](C)(C)C(C)(C)C)[C@@H](C)C=O. The molecular formula is C14H30O2Si. The molecule has 17 heavy (non-hydrogen) atoms. The summed E-state index contributed by atoms with van der Waals surface area (Å²) in [6.45, 7) is 17.5. The van der Waals surface area contributed by atoms with Gasteiger partial charge in [0.2, 0.25) is 0 Å². The lowest BCUT2D eigenvalue weighted by atomic mass is 9.97. The fraction of sp³-hybridized carbons (Fsp3) is 0.929. The Morgan fingerprint density at radius 2 is 1.65 bits per heavy atom. The topological polar surface area (TPSA) is 26.3 Å². The van der Waals surface area contributed by atoms with E-state index in [1.807, 2.05) is 6.92 Å². The fourth-order valence-electron chi connectivity index (χ4n) is 1.48. The summed E-state index contributed by atoms with van der Waals surface area (Å²) in [7, 11) is -1.77. The molecule has 0 aliphatic heterocycles. The van der Waals surface area contributed by atoms with E-state index in [-0.39, 0.29) is 17.1 Å². The van der Waals surface area contributed by atoms with Crippen molar-refractivity contribution in [1.29, 1.82) is 0 Å². The van der Waals surface area contributed by atoms with Crippen LogP contribution in [0.1, 0.15) is 48.0 Å². The van der Waals surface area contributed by atoms with E-state index in [1.165, 1.54) is 0 Å². The summed E-state index contributed by atoms with van der Waals surface area (Å²) in [4.78, 5) is 11.0. The number of aldehydes is 1. The van der Waals surface area contributed by atoms with Crippen molar-refractivity contribution in [2.75, 3.05) is 0 Å². The Bertz CT molecular complexity index is 241. The third-order valence-corrected chi connectivity index (χ3v) is 8.26. The zero-order valence-electron chi connectivity index (χ0n) is 12.8. The van der Waals surface area contributed by atoms with Crippen LogP contribution >= 0.6 is 0 Å². The van der Waals surface area contributed by atoms with Crippen molar-refractivity contribution in [3.63, 3.8) is 0 Å². The van der Waals surface area contributed by atoms with E-state index in [1.54, 1.807) is 0 Å². The molecule has 3 heteroatoms. The smallest absolute Gasteiger partial charge is 0.192 e. The second kappa shape index (κ2) is 6.14. The molecule has 0 aromatic heterocycles. The number of rotatable bonds is 6. The molecule has 0 bridgehead atoms. The summed E-state index contributed by atoms with van der Waals surface area (Å²) in [5, 5.41) is 0.199. The van der Waals surface area contributed by atoms with Crippen molar-refractivity contribution in [2.45, 2.75) is 72.2 Å². The second-order valence-electron chi connectivity index (χ2n) is 7.04. The van der Waals surface area contributed by atoms with E-state index < -0.39 is 8.32 Å². The first-order valence-corrected chi connectivity index (χ1v) is 9.55. The molecule has 0 N–H and O–H groups in total. The van der Waals surface area contributed by atoms with Crippen molar-refractivity contribution in [3.05, 3.63) is 0 Å². The van der Waals surface area contributed by atoms with Crippen LogP contribution in [0.4, 0.5) is 0 Å². The van der Waals surface area contributed by atoms with Crippen LogP contribution in [0, 0.1) is 11.8 Å². The van der Waals surface area contributed by atoms with Gasteiger partial charge in [0.1, 0.15) is 6.29 Å². The Morgan fingerprint density at radius 1 is 1.18 bits per heavy atom. The minimum absolute atomic E-state index is 0.00785. The number of hydrogen-bond acceptors (Lipinski definition) is 2. The maximum atomic E-state index is 11.0. The highest BCUT2D eigenvalue weighted by molar-refractivity contribution is 6.74. The zero-order chi connectivity index (χ0) is 13.9. The lowest BCUT2D eigenvalue weighted by Gasteiger charge is -2.40. The highest BCUT2D eigenvalue weighted by atomic mass is 28.4. The normalized spacial score (nSPS) is 17.0. The van der Waals surface area contributed by atoms with E-state index in [4.69, 9.17) is 4.43 Å². The molecule has 2 nitrogen and oxygen atoms in total. The average Bonchev–Trinajstić information content (AvgIpc) is 2.12. The molecule has 0 amide bonds. The van der Waals surface area contributed by atoms with Crippen LogP contribution in [0.3, 0.4) is 0 Å². The summed E-state index contributed by atoms with van der Waals surface area (Å²) in [6, 6.07) is 0. The van der Waals surface area contributed by atoms with Crippen LogP contribution in [-0.2, 0) is 9.22 Å². The molecular weight excluding hydrogens is 228 g/mol. The van der Waals surface area contributed by atoms with Gasteiger partial charge in [-0.2, -0.15) is 0 Å². The molecule has 2 atom stereocenters. The Hall–Kier alpha value is -0.153. The summed E-state index contributed by atoms with van der Waals surface area (Å²) < 4.78 is 6.37. The molecule has 0 saturated carbocycles. The fourth-order valence-corrected chi connectivity index (χ4v) is 2.90. The first-order chi connectivity index (χ1) is 7.51. The van der Waals surface area contributed by atoms with Crippen molar-refractivity contribution in [2.24, 2.45) is 11.8 Å². The lowest BCUT2D eigenvalue weighted by molar-refractivity contribution is -0.113. The first kappa shape index (κ1) is 16.8. The van der Waals surface area contributed by atoms with Crippen molar-refractivity contribution in [1.82, 2.24) is 0 Å². The van der Waals surface area contributed by atoms with Crippen LogP contribution < -0.4 is 0 Å². The molecule has 0 aliphatic carbocycles. The molecule has 0 aromatic carbocycles. The molecule has 0 aromatic rings. The van der Waals surface area contributed by atoms with Gasteiger partial charge in [0.25, 0.3) is 0 Å². The Morgan fingerprint density at radius 3 is 1.94 bits per heavy atom. The minimum Gasteiger partial charge on any atom is -0.413 e. The van der Waals surface area contributed by atoms with E-state index in [9.17, 15) is 4.79 Å². The summed E-state index contributed by atoms with van der Waals surface area (Å²) >= 11 is 0. The van der Waals surface area contributed by atoms with Gasteiger partial charge < -0.3 is 9.22 Å². The quantitative estimate of drug-likeness (QED) is 0.525. The number of hydrogen-bond donors (Lipinski definition) is 0. The van der Waals surface area contributed by atoms with E-state index >= 15 is 0 Å². The van der Waals surface area contributed by atoms with Gasteiger partial charge in [0.05, 0.1) is 6.10 Å². The van der Waals surface area contributed by atoms with Crippen LogP contribution in [0.2, 0.25) is 18.1 Å². The van der Waals surface area contributed by atoms with Crippen molar-refractivity contribution >= 4 is 14.6 Å². The van der Waals surface area contributed by atoms with Crippen LogP contribution in [0.25, 0.3) is 0 Å². The Balaban J connectivity index is 4.80. The Kier molecular flexibility index (Phi) is 6.09. The van der Waals surface area contributed by atoms with Gasteiger partial charge in [-0.25, -0.2) is 0 Å². The maximum absolute atomic E-state index is 11.0. The minimum atomic E-state index is -1.77. The Labute approximate surface area is 108 Å². The highest BCUT2D eigenvalue weighted by Gasteiger charge is 2.40. The predicted octanol–water partition coefficient (Wildman–Crippen LogP) is 4.26. The van der Waals surface area contributed by atoms with Gasteiger partial charge in [-0.15, -0.1) is 0 Å². The summed E-state index contributed by atoms with van der Waals surface area (Å²) in [6.07, 6.45) is 2.07. The largest absolute Gasteiger partial charge is 0.413 e. The van der Waals surface area contributed by atoms with Gasteiger partial charge in [-0.05, 0) is 30.5 Å². The standard InChI is InChI=1S/C14H30O2Si/c1-11(2)9-13(12(3)10-15)16-17(7,8)14(4,5)6/h10-13H,9H2,1-8H3/t12-,13-/m0/s1. The average molecular weight is 258 g/mol. The third kappa shape index (κ3) is 5.34. The van der Waals surface area contributed by atoms with Crippen molar-refractivity contribution < 1.29 is 9.22 Å². The van der Waals surface area contributed by atoms with Crippen LogP contribution in [0.5, 0.6) is 0 Å². The first-order valence-electron chi connectivity index (χ1n) is 6.64. The van der Waals surface area contributed by atoms with E-state index in [0.29, 0.717) is 5.92 Å². The predicted molar refractivity (Wildman–Crippen MR) is 76.8 cm³/mol. The zero-order valence-corrected chi connectivity index (χ0v) is 13.8. The molecule has 102 valence electrons. The monoisotopic (exact) mass is 258 g/mol. The highest BCUT2D eigenvalue weighted by Crippen LogP contribution is 2.38. The molecule has 0 rings (SSSR count). The second-order valence-corrected chi connectivity index (χ2v) is 11.8. The van der Waals surface area contributed by atoms with Gasteiger partial charge >= 0.3 is 0 Å². The molecule has 0 heterocycles. The van der Waals surface area contributed by atoms with Crippen molar-refractivity contribution in [3.8, 4) is 0 Å².